The van der Waals surface area contributed by atoms with Gasteiger partial charge in [0.1, 0.15) is 23.5 Å². The number of nitrogen functional groups attached to an aromatic ring is 1. The van der Waals surface area contributed by atoms with Crippen LogP contribution in [0.25, 0.3) is 0 Å². The lowest BCUT2D eigenvalue weighted by molar-refractivity contribution is 0.105. The number of anilines is 1. The molecule has 0 radical (unpaired) electrons. The fourth-order valence-corrected chi connectivity index (χ4v) is 3.13. The first-order valence-electron chi connectivity index (χ1n) is 8.38. The molecule has 0 amide bonds. The number of nitrogens with zero attached hydrogens (tertiary/aromatic N) is 3. The van der Waals surface area contributed by atoms with Crippen molar-refractivity contribution in [1.82, 2.24) is 4.57 Å². The van der Waals surface area contributed by atoms with E-state index in [0.717, 1.165) is 31.7 Å². The molecular formula is C19H19FN4O2. The zero-order chi connectivity index (χ0) is 18.7. The average Bonchev–Trinajstić information content (AvgIpc) is 3.28. The molecule has 2 aromatic rings. The molecule has 134 valence electrons. The highest BCUT2D eigenvalue weighted by atomic mass is 19.1. The highest BCUT2D eigenvalue weighted by molar-refractivity contribution is 6.46. The zero-order valence-corrected chi connectivity index (χ0v) is 14.4. The largest absolute Gasteiger partial charge is 0.496 e. The van der Waals surface area contributed by atoms with Gasteiger partial charge in [-0.05, 0) is 31.0 Å². The van der Waals surface area contributed by atoms with Gasteiger partial charge < -0.3 is 10.5 Å². The predicted molar refractivity (Wildman–Crippen MR) is 95.9 cm³/mol. The molecule has 6 nitrogen and oxygen atoms in total. The van der Waals surface area contributed by atoms with Gasteiger partial charge >= 0.3 is 0 Å². The minimum Gasteiger partial charge on any atom is -0.496 e. The number of ether oxygens (including phenoxy) is 1. The van der Waals surface area contributed by atoms with Crippen molar-refractivity contribution in [2.45, 2.75) is 31.7 Å². The van der Waals surface area contributed by atoms with Crippen LogP contribution in [0.1, 0.15) is 41.6 Å². The Kier molecular flexibility index (Phi) is 5.03. The van der Waals surface area contributed by atoms with Gasteiger partial charge in [0.2, 0.25) is 5.78 Å². The lowest BCUT2D eigenvalue weighted by Gasteiger charge is -2.14. The minimum absolute atomic E-state index is 0.0210. The first kappa shape index (κ1) is 17.7. The predicted octanol–water partition coefficient (Wildman–Crippen LogP) is 3.16. The summed E-state index contributed by atoms with van der Waals surface area (Å²) < 4.78 is 20.0. The summed E-state index contributed by atoms with van der Waals surface area (Å²) in [7, 11) is 1.37. The molecule has 1 heterocycles. The number of carbonyl (C=O) groups is 1. The van der Waals surface area contributed by atoms with Crippen LogP contribution < -0.4 is 10.5 Å². The SMILES string of the molecule is COc1cc(F)ccc1C(=O)/C(=N/C1CCCC1)n1ccc(C#N)c1N. The number of nitriles is 1. The Hall–Kier alpha value is -3.14. The normalized spacial score (nSPS) is 15.0. The average molecular weight is 354 g/mol. The van der Waals surface area contributed by atoms with E-state index in [0.29, 0.717) is 0 Å². The van der Waals surface area contributed by atoms with Crippen LogP contribution in [0.2, 0.25) is 0 Å². The Morgan fingerprint density at radius 1 is 1.38 bits per heavy atom. The van der Waals surface area contributed by atoms with Gasteiger partial charge in [-0.2, -0.15) is 5.26 Å². The molecule has 1 fully saturated rings. The molecule has 0 aliphatic heterocycles. The van der Waals surface area contributed by atoms with Gasteiger partial charge in [-0.15, -0.1) is 0 Å². The number of hydrogen-bond donors (Lipinski definition) is 1. The van der Waals surface area contributed by atoms with Gasteiger partial charge in [-0.25, -0.2) is 4.39 Å². The Bertz CT molecular complexity index is 905. The molecule has 0 bridgehead atoms. The van der Waals surface area contributed by atoms with Crippen LogP contribution in [0.15, 0.2) is 35.5 Å². The molecule has 1 aliphatic rings. The molecule has 0 unspecified atom stereocenters. The van der Waals surface area contributed by atoms with E-state index in [9.17, 15) is 9.18 Å². The summed E-state index contributed by atoms with van der Waals surface area (Å²) in [6.07, 6.45) is 5.45. The molecule has 1 aliphatic carbocycles. The topological polar surface area (TPSA) is 93.4 Å². The monoisotopic (exact) mass is 354 g/mol. The number of carbonyl (C=O) groups excluding carboxylic acids is 1. The van der Waals surface area contributed by atoms with Crippen LogP contribution in [-0.2, 0) is 0 Å². The number of methoxy groups -OCH3 is 1. The number of Topliss-reactive ketones (excluding diaryl/α,β-unsaturated/α-hetero) is 1. The molecule has 1 aromatic carbocycles. The van der Waals surface area contributed by atoms with E-state index < -0.39 is 11.6 Å². The van der Waals surface area contributed by atoms with Crippen LogP contribution in [0, 0.1) is 17.1 Å². The molecule has 3 rings (SSSR count). The molecular weight excluding hydrogens is 335 g/mol. The third-order valence-electron chi connectivity index (χ3n) is 4.52. The molecule has 2 N–H and O–H groups in total. The maximum Gasteiger partial charge on any atom is 0.232 e. The third kappa shape index (κ3) is 3.31. The van der Waals surface area contributed by atoms with E-state index in [1.54, 1.807) is 6.20 Å². The summed E-state index contributed by atoms with van der Waals surface area (Å²) >= 11 is 0. The summed E-state index contributed by atoms with van der Waals surface area (Å²) in [6, 6.07) is 7.26. The Balaban J connectivity index is 2.10. The number of rotatable bonds is 4. The molecule has 0 atom stereocenters. The van der Waals surface area contributed by atoms with Crippen LogP contribution in [0.3, 0.4) is 0 Å². The maximum atomic E-state index is 13.5. The van der Waals surface area contributed by atoms with E-state index in [1.165, 1.54) is 29.9 Å². The van der Waals surface area contributed by atoms with Crippen molar-refractivity contribution in [1.29, 1.82) is 5.26 Å². The smallest absolute Gasteiger partial charge is 0.232 e. The number of halogens is 1. The van der Waals surface area contributed by atoms with Crippen molar-refractivity contribution in [3.63, 3.8) is 0 Å². The van der Waals surface area contributed by atoms with Crippen molar-refractivity contribution < 1.29 is 13.9 Å². The fourth-order valence-electron chi connectivity index (χ4n) is 3.13. The van der Waals surface area contributed by atoms with Gasteiger partial charge in [0, 0.05) is 12.3 Å². The first-order chi connectivity index (χ1) is 12.5. The van der Waals surface area contributed by atoms with Crippen molar-refractivity contribution >= 4 is 17.4 Å². The van der Waals surface area contributed by atoms with E-state index in [-0.39, 0.29) is 34.6 Å². The summed E-state index contributed by atoms with van der Waals surface area (Å²) in [5, 5.41) is 9.14. The Labute approximate surface area is 150 Å². The van der Waals surface area contributed by atoms with Crippen LogP contribution in [-0.4, -0.2) is 29.3 Å². The zero-order valence-electron chi connectivity index (χ0n) is 14.4. The van der Waals surface area contributed by atoms with Gasteiger partial charge in [0.05, 0.1) is 24.3 Å². The lowest BCUT2D eigenvalue weighted by atomic mass is 10.1. The third-order valence-corrected chi connectivity index (χ3v) is 4.52. The van der Waals surface area contributed by atoms with Gasteiger partial charge in [-0.1, -0.05) is 12.8 Å². The molecule has 0 saturated heterocycles. The standard InChI is InChI=1S/C19H19FN4O2/c1-26-16-10-13(20)6-7-15(16)17(25)19(23-14-4-2-3-5-14)24-9-8-12(11-21)18(24)22/h6-10,14H,2-5,22H2,1H3/b23-19-. The van der Waals surface area contributed by atoms with E-state index in [2.05, 4.69) is 4.99 Å². The number of nitrogens with two attached hydrogens (primary N) is 1. The number of hydrogen-bond acceptors (Lipinski definition) is 5. The van der Waals surface area contributed by atoms with Crippen molar-refractivity contribution in [2.75, 3.05) is 12.8 Å². The number of ketones is 1. The van der Waals surface area contributed by atoms with Crippen molar-refractivity contribution in [2.24, 2.45) is 4.99 Å². The van der Waals surface area contributed by atoms with Gasteiger partial charge in [-0.3, -0.25) is 14.4 Å². The first-order valence-corrected chi connectivity index (χ1v) is 8.38. The highest BCUT2D eigenvalue weighted by Crippen LogP contribution is 2.25. The summed E-state index contributed by atoms with van der Waals surface area (Å²) in [5.41, 5.74) is 6.47. The summed E-state index contributed by atoms with van der Waals surface area (Å²) in [5.74, 6) is -0.541. The number of benzene rings is 1. The van der Waals surface area contributed by atoms with Crippen LogP contribution in [0.4, 0.5) is 10.2 Å². The molecule has 1 saturated carbocycles. The van der Waals surface area contributed by atoms with Crippen LogP contribution >= 0.6 is 0 Å². The second kappa shape index (κ2) is 7.40. The molecule has 0 spiro atoms. The minimum atomic E-state index is -0.500. The Morgan fingerprint density at radius 2 is 2.12 bits per heavy atom. The number of aromatic nitrogens is 1. The highest BCUT2D eigenvalue weighted by Gasteiger charge is 2.25. The maximum absolute atomic E-state index is 13.5. The number of aliphatic imine (C=N–C) groups is 1. The summed E-state index contributed by atoms with van der Waals surface area (Å²) in [4.78, 5) is 17.8. The molecule has 7 heteroatoms. The van der Waals surface area contributed by atoms with Crippen molar-refractivity contribution in [3.05, 3.63) is 47.4 Å². The second-order valence-corrected chi connectivity index (χ2v) is 6.16. The lowest BCUT2D eigenvalue weighted by Crippen LogP contribution is -2.26. The van der Waals surface area contributed by atoms with E-state index >= 15 is 0 Å². The quantitative estimate of drug-likeness (QED) is 0.518. The van der Waals surface area contributed by atoms with Crippen LogP contribution in [0.5, 0.6) is 5.75 Å². The van der Waals surface area contributed by atoms with Crippen molar-refractivity contribution in [3.8, 4) is 11.8 Å². The van der Waals surface area contributed by atoms with E-state index in [1.807, 2.05) is 6.07 Å². The molecule has 1 aromatic heterocycles. The fraction of sp³-hybridized carbons (Fsp3) is 0.316. The molecule has 26 heavy (non-hydrogen) atoms. The Morgan fingerprint density at radius 3 is 2.73 bits per heavy atom. The summed E-state index contributed by atoms with van der Waals surface area (Å²) in [6.45, 7) is 0. The van der Waals surface area contributed by atoms with E-state index in [4.69, 9.17) is 15.7 Å². The van der Waals surface area contributed by atoms with Gasteiger partial charge in [0.15, 0.2) is 5.84 Å². The second-order valence-electron chi connectivity index (χ2n) is 6.16. The van der Waals surface area contributed by atoms with Gasteiger partial charge in [0.25, 0.3) is 0 Å².